The van der Waals surface area contributed by atoms with Crippen LogP contribution in [-0.4, -0.2) is 73.3 Å². The van der Waals surface area contributed by atoms with Gasteiger partial charge in [-0.1, -0.05) is 19.9 Å². The quantitative estimate of drug-likeness (QED) is 0.505. The van der Waals surface area contributed by atoms with Crippen molar-refractivity contribution in [3.8, 4) is 5.75 Å². The fourth-order valence-electron chi connectivity index (χ4n) is 4.54. The lowest BCUT2D eigenvalue weighted by Gasteiger charge is -2.31. The molecule has 0 unspecified atom stereocenters. The first-order valence-corrected chi connectivity index (χ1v) is 12.0. The smallest absolute Gasteiger partial charge is 0.310 e. The van der Waals surface area contributed by atoms with Gasteiger partial charge in [0, 0.05) is 24.3 Å². The molecule has 0 aromatic heterocycles. The van der Waals surface area contributed by atoms with E-state index in [2.05, 4.69) is 10.6 Å². The summed E-state index contributed by atoms with van der Waals surface area (Å²) >= 11 is 0. The molecule has 2 aliphatic rings. The van der Waals surface area contributed by atoms with Crippen molar-refractivity contribution >= 4 is 23.7 Å². The number of hydrogen-bond acceptors (Lipinski definition) is 7. The Morgan fingerprint density at radius 2 is 2.00 bits per heavy atom. The van der Waals surface area contributed by atoms with E-state index in [1.807, 2.05) is 13.8 Å². The van der Waals surface area contributed by atoms with Gasteiger partial charge >= 0.3 is 5.97 Å². The third kappa shape index (κ3) is 5.93. The van der Waals surface area contributed by atoms with E-state index < -0.39 is 30.4 Å². The summed E-state index contributed by atoms with van der Waals surface area (Å²) < 4.78 is 15.8. The molecule has 1 aromatic rings. The molecule has 35 heavy (non-hydrogen) atoms. The predicted octanol–water partition coefficient (Wildman–Crippen LogP) is 1.54. The number of hydrogen-bond donors (Lipinski definition) is 2. The number of ether oxygens (including phenoxy) is 3. The lowest BCUT2D eigenvalue weighted by molar-refractivity contribution is -0.164. The van der Waals surface area contributed by atoms with Crippen LogP contribution in [0.5, 0.6) is 5.75 Å². The number of amides is 3. The summed E-state index contributed by atoms with van der Waals surface area (Å²) in [6.45, 7) is 7.99. The summed E-state index contributed by atoms with van der Waals surface area (Å²) in [5, 5.41) is 5.68. The zero-order valence-electron chi connectivity index (χ0n) is 21.0. The van der Waals surface area contributed by atoms with Crippen LogP contribution in [0.15, 0.2) is 18.2 Å². The minimum absolute atomic E-state index is 0.0155. The lowest BCUT2D eigenvalue weighted by Crippen LogP contribution is -2.56. The van der Waals surface area contributed by atoms with Gasteiger partial charge in [0.15, 0.2) is 0 Å². The molecule has 0 spiro atoms. The number of cyclic esters (lactones) is 1. The van der Waals surface area contributed by atoms with Crippen LogP contribution in [0.4, 0.5) is 0 Å². The van der Waals surface area contributed by atoms with E-state index in [0.29, 0.717) is 42.9 Å². The fourth-order valence-corrected chi connectivity index (χ4v) is 4.54. The van der Waals surface area contributed by atoms with E-state index >= 15 is 0 Å². The molecular formula is C25H35N3O7. The van der Waals surface area contributed by atoms with Gasteiger partial charge in [-0.15, -0.1) is 0 Å². The average Bonchev–Trinajstić information content (AvgIpc) is 3.44. The molecule has 3 rings (SSSR count). The molecule has 0 bridgehead atoms. The third-order valence-electron chi connectivity index (χ3n) is 6.43. The first-order chi connectivity index (χ1) is 16.7. The molecule has 2 saturated heterocycles. The van der Waals surface area contributed by atoms with Crippen molar-refractivity contribution in [2.45, 2.75) is 71.4 Å². The summed E-state index contributed by atoms with van der Waals surface area (Å²) in [6, 6.07) is 3.06. The van der Waals surface area contributed by atoms with Crippen molar-refractivity contribution in [2.75, 3.05) is 20.3 Å². The van der Waals surface area contributed by atoms with Crippen LogP contribution in [0.3, 0.4) is 0 Å². The van der Waals surface area contributed by atoms with Gasteiger partial charge < -0.3 is 29.7 Å². The van der Waals surface area contributed by atoms with Crippen LogP contribution < -0.4 is 15.4 Å². The molecule has 1 aromatic carbocycles. The van der Waals surface area contributed by atoms with Crippen LogP contribution in [0.2, 0.25) is 0 Å². The highest BCUT2D eigenvalue weighted by Crippen LogP contribution is 2.24. The second kappa shape index (κ2) is 11.5. The maximum absolute atomic E-state index is 13.5. The summed E-state index contributed by atoms with van der Waals surface area (Å²) in [7, 11) is 1.53. The number of rotatable bonds is 9. The SMILES string of the molecule is CCO[C@@H]1OC(=O)C[C@H]1NC(=O)[C@@H]1CCCN1C(=O)[C@@H](NC(=O)c1cccc(OC)c1C)C(C)C. The van der Waals surface area contributed by atoms with Crippen molar-refractivity contribution in [1.82, 2.24) is 15.5 Å². The second-order valence-corrected chi connectivity index (χ2v) is 9.15. The van der Waals surface area contributed by atoms with Crippen molar-refractivity contribution in [3.63, 3.8) is 0 Å². The van der Waals surface area contributed by atoms with Crippen molar-refractivity contribution in [2.24, 2.45) is 5.92 Å². The molecule has 2 heterocycles. The topological polar surface area (TPSA) is 123 Å². The van der Waals surface area contributed by atoms with Crippen LogP contribution in [0, 0.1) is 12.8 Å². The minimum Gasteiger partial charge on any atom is -0.496 e. The van der Waals surface area contributed by atoms with Gasteiger partial charge in [0.05, 0.1) is 13.5 Å². The van der Waals surface area contributed by atoms with Gasteiger partial charge in [-0.3, -0.25) is 19.2 Å². The van der Waals surface area contributed by atoms with Gasteiger partial charge in [0.1, 0.15) is 23.9 Å². The molecular weight excluding hydrogens is 454 g/mol. The maximum Gasteiger partial charge on any atom is 0.310 e. The zero-order valence-corrected chi connectivity index (χ0v) is 21.0. The Balaban J connectivity index is 1.72. The Hall–Kier alpha value is -3.14. The number of methoxy groups -OCH3 is 1. The Morgan fingerprint density at radius 1 is 1.26 bits per heavy atom. The molecule has 2 aliphatic heterocycles. The minimum atomic E-state index is -0.837. The van der Waals surface area contributed by atoms with E-state index in [4.69, 9.17) is 14.2 Å². The number of esters is 1. The highest BCUT2D eigenvalue weighted by Gasteiger charge is 2.42. The number of nitrogens with one attached hydrogen (secondary N) is 2. The molecule has 2 fully saturated rings. The van der Waals surface area contributed by atoms with E-state index in [9.17, 15) is 19.2 Å². The Kier molecular flexibility index (Phi) is 8.71. The Bertz CT molecular complexity index is 964. The molecule has 2 N–H and O–H groups in total. The third-order valence-corrected chi connectivity index (χ3v) is 6.43. The molecule has 4 atom stereocenters. The zero-order chi connectivity index (χ0) is 25.7. The van der Waals surface area contributed by atoms with Crippen LogP contribution >= 0.6 is 0 Å². The lowest BCUT2D eigenvalue weighted by atomic mass is 10.0. The van der Waals surface area contributed by atoms with Gasteiger partial charge in [-0.25, -0.2) is 0 Å². The van der Waals surface area contributed by atoms with Crippen LogP contribution in [-0.2, 0) is 23.9 Å². The van der Waals surface area contributed by atoms with Gasteiger partial charge in [-0.05, 0) is 44.7 Å². The highest BCUT2D eigenvalue weighted by atomic mass is 16.7. The van der Waals surface area contributed by atoms with Crippen LogP contribution in [0.25, 0.3) is 0 Å². The van der Waals surface area contributed by atoms with E-state index in [-0.39, 0.29) is 30.1 Å². The first kappa shape index (κ1) is 26.5. The summed E-state index contributed by atoms with van der Waals surface area (Å²) in [6.07, 6.45) is 0.330. The van der Waals surface area contributed by atoms with Gasteiger partial charge in [0.2, 0.25) is 18.1 Å². The van der Waals surface area contributed by atoms with E-state index in [1.165, 1.54) is 12.0 Å². The number of nitrogens with zero attached hydrogens (tertiary/aromatic N) is 1. The molecule has 10 nitrogen and oxygen atoms in total. The number of carbonyl (C=O) groups excluding carboxylic acids is 4. The number of benzene rings is 1. The van der Waals surface area contributed by atoms with Gasteiger partial charge in [0.25, 0.3) is 5.91 Å². The Morgan fingerprint density at radius 3 is 2.66 bits per heavy atom. The number of likely N-dealkylation sites (tertiary alicyclic amines) is 1. The molecule has 3 amide bonds. The highest BCUT2D eigenvalue weighted by molar-refractivity contribution is 6.00. The monoisotopic (exact) mass is 489 g/mol. The standard InChI is InChI=1S/C25H35N3O7/c1-6-34-25-17(13-20(29)35-25)26-23(31)18-10-8-12-28(18)24(32)21(14(2)3)27-22(30)16-9-7-11-19(33-5)15(16)4/h7,9,11,14,17-18,21,25H,6,8,10,12-13H2,1-5H3,(H,26,31)(H,27,30)/t17-,18+,21+,25-/m1/s1. The molecule has 0 radical (unpaired) electrons. The molecule has 192 valence electrons. The molecule has 0 aliphatic carbocycles. The second-order valence-electron chi connectivity index (χ2n) is 9.15. The van der Waals surface area contributed by atoms with Gasteiger partial charge in [-0.2, -0.15) is 0 Å². The Labute approximate surface area is 205 Å². The van der Waals surface area contributed by atoms with Crippen molar-refractivity contribution in [1.29, 1.82) is 0 Å². The normalized spacial score (nSPS) is 22.6. The molecule has 0 saturated carbocycles. The van der Waals surface area contributed by atoms with Crippen molar-refractivity contribution in [3.05, 3.63) is 29.3 Å². The average molecular weight is 490 g/mol. The summed E-state index contributed by atoms with van der Waals surface area (Å²) in [4.78, 5) is 52.9. The fraction of sp³-hybridized carbons (Fsp3) is 0.600. The summed E-state index contributed by atoms with van der Waals surface area (Å²) in [5.41, 5.74) is 1.10. The maximum atomic E-state index is 13.5. The van der Waals surface area contributed by atoms with E-state index in [1.54, 1.807) is 32.0 Å². The van der Waals surface area contributed by atoms with E-state index in [0.717, 1.165) is 0 Å². The van der Waals surface area contributed by atoms with Crippen molar-refractivity contribution < 1.29 is 33.4 Å². The summed E-state index contributed by atoms with van der Waals surface area (Å²) in [5.74, 6) is -1.11. The van der Waals surface area contributed by atoms with Crippen LogP contribution in [0.1, 0.15) is 56.0 Å². The first-order valence-electron chi connectivity index (χ1n) is 12.0. The molecule has 10 heteroatoms. The number of carbonyl (C=O) groups is 4. The largest absolute Gasteiger partial charge is 0.496 e. The predicted molar refractivity (Wildman–Crippen MR) is 127 cm³/mol.